The van der Waals surface area contributed by atoms with Gasteiger partial charge in [0.05, 0.1) is 0 Å². The Bertz CT molecular complexity index is 493. The van der Waals surface area contributed by atoms with Crippen LogP contribution in [0.25, 0.3) is 10.8 Å². The lowest BCUT2D eigenvalue weighted by Crippen LogP contribution is -2.04. The lowest BCUT2D eigenvalue weighted by molar-refractivity contribution is -0.0503. The van der Waals surface area contributed by atoms with E-state index in [1.165, 1.54) is 36.4 Å². The molecule has 0 heterocycles. The first-order chi connectivity index (χ1) is 8.58. The van der Waals surface area contributed by atoms with Gasteiger partial charge in [-0.2, -0.15) is 17.6 Å². The van der Waals surface area contributed by atoms with Gasteiger partial charge >= 0.3 is 13.2 Å². The molecule has 0 saturated carbocycles. The molecule has 0 aromatic heterocycles. The van der Waals surface area contributed by atoms with Crippen molar-refractivity contribution in [3.8, 4) is 11.5 Å². The molecule has 0 radical (unpaired) electrons. The third-order valence-corrected chi connectivity index (χ3v) is 2.27. The first-order valence-electron chi connectivity index (χ1n) is 4.99. The van der Waals surface area contributed by atoms with Gasteiger partial charge in [-0.05, 0) is 12.1 Å². The van der Waals surface area contributed by atoms with Crippen LogP contribution in [0.2, 0.25) is 0 Å². The van der Waals surface area contributed by atoms with E-state index in [-0.39, 0.29) is 22.3 Å². The molecule has 0 N–H and O–H groups in total. The maximum atomic E-state index is 12.2. The molecule has 0 spiro atoms. The highest BCUT2D eigenvalue weighted by atomic mass is 19.3. The summed E-state index contributed by atoms with van der Waals surface area (Å²) in [6.07, 6.45) is 0. The van der Waals surface area contributed by atoms with Crippen LogP contribution in [0.1, 0.15) is 0 Å². The van der Waals surface area contributed by atoms with E-state index in [1.54, 1.807) is 0 Å². The molecule has 0 amide bonds. The van der Waals surface area contributed by atoms with E-state index in [1.807, 2.05) is 0 Å². The second kappa shape index (κ2) is 5.12. The summed E-state index contributed by atoms with van der Waals surface area (Å²) in [7, 11) is 0. The zero-order chi connectivity index (χ0) is 13.1. The van der Waals surface area contributed by atoms with Crippen molar-refractivity contribution in [3.63, 3.8) is 0 Å². The average Bonchev–Trinajstić information content (AvgIpc) is 2.29. The molecule has 0 atom stereocenters. The van der Waals surface area contributed by atoms with E-state index in [0.29, 0.717) is 0 Å². The van der Waals surface area contributed by atoms with E-state index in [0.717, 1.165) is 0 Å². The third-order valence-electron chi connectivity index (χ3n) is 2.27. The van der Waals surface area contributed by atoms with Crippen LogP contribution in [0.3, 0.4) is 0 Å². The minimum atomic E-state index is -2.98. The molecule has 0 saturated heterocycles. The fourth-order valence-corrected chi connectivity index (χ4v) is 1.65. The van der Waals surface area contributed by atoms with Gasteiger partial charge < -0.3 is 9.47 Å². The maximum absolute atomic E-state index is 12.2. The van der Waals surface area contributed by atoms with Gasteiger partial charge in [0.25, 0.3) is 0 Å². The van der Waals surface area contributed by atoms with Gasteiger partial charge in [-0.25, -0.2) is 0 Å². The number of halogens is 4. The number of fused-ring (bicyclic) bond motifs is 1. The van der Waals surface area contributed by atoms with Gasteiger partial charge in [0, 0.05) is 10.8 Å². The van der Waals surface area contributed by atoms with Crippen LogP contribution in [0.15, 0.2) is 36.4 Å². The van der Waals surface area contributed by atoms with Gasteiger partial charge in [-0.15, -0.1) is 0 Å². The number of ether oxygens (including phenoxy) is 2. The Morgan fingerprint density at radius 2 is 1.06 bits per heavy atom. The molecule has 0 bridgehead atoms. The summed E-state index contributed by atoms with van der Waals surface area (Å²) in [4.78, 5) is 0. The summed E-state index contributed by atoms with van der Waals surface area (Å²) in [5.41, 5.74) is 0. The van der Waals surface area contributed by atoms with E-state index in [4.69, 9.17) is 0 Å². The van der Waals surface area contributed by atoms with E-state index >= 15 is 0 Å². The SMILES string of the molecule is FC(F)Oc1cccc2c(OC(F)F)cccc12. The summed E-state index contributed by atoms with van der Waals surface area (Å²) >= 11 is 0. The molecule has 2 rings (SSSR count). The Labute approximate surface area is 99.7 Å². The van der Waals surface area contributed by atoms with Crippen LogP contribution in [0.5, 0.6) is 11.5 Å². The van der Waals surface area contributed by atoms with Crippen LogP contribution in [-0.4, -0.2) is 13.2 Å². The zero-order valence-corrected chi connectivity index (χ0v) is 8.95. The molecule has 0 unspecified atom stereocenters. The topological polar surface area (TPSA) is 18.5 Å². The quantitative estimate of drug-likeness (QED) is 0.772. The summed E-state index contributed by atoms with van der Waals surface area (Å²) in [6.45, 7) is -5.95. The smallest absolute Gasteiger partial charge is 0.387 e. The molecule has 96 valence electrons. The van der Waals surface area contributed by atoms with Crippen molar-refractivity contribution in [2.24, 2.45) is 0 Å². The first-order valence-corrected chi connectivity index (χ1v) is 4.99. The highest BCUT2D eigenvalue weighted by Gasteiger charge is 2.12. The van der Waals surface area contributed by atoms with E-state index in [9.17, 15) is 17.6 Å². The molecule has 0 aliphatic rings. The molecule has 0 aliphatic carbocycles. The van der Waals surface area contributed by atoms with E-state index in [2.05, 4.69) is 9.47 Å². The normalized spacial score (nSPS) is 11.2. The van der Waals surface area contributed by atoms with Gasteiger partial charge in [0.1, 0.15) is 11.5 Å². The van der Waals surface area contributed by atoms with Crippen LogP contribution in [0.4, 0.5) is 17.6 Å². The minimum absolute atomic E-state index is 0.0813. The molecule has 2 aromatic carbocycles. The standard InChI is InChI=1S/C12H8F4O2/c13-11(14)17-9-5-1-3-7-8(9)4-2-6-10(7)18-12(15)16/h1-6,11-12H. The summed E-state index contributed by atoms with van der Waals surface area (Å²) in [6, 6.07) is 8.51. The molecule has 0 aliphatic heterocycles. The number of hydrogen-bond donors (Lipinski definition) is 0. The van der Waals surface area contributed by atoms with Crippen LogP contribution >= 0.6 is 0 Å². The molecule has 2 aromatic rings. The summed E-state index contributed by atoms with van der Waals surface area (Å²) in [5, 5.41) is 0.576. The highest BCUT2D eigenvalue weighted by molar-refractivity contribution is 5.93. The van der Waals surface area contributed by atoms with Gasteiger partial charge in [0.15, 0.2) is 0 Å². The monoisotopic (exact) mass is 260 g/mol. The van der Waals surface area contributed by atoms with Crippen molar-refractivity contribution in [1.82, 2.24) is 0 Å². The Morgan fingerprint density at radius 1 is 0.667 bits per heavy atom. The van der Waals surface area contributed by atoms with Crippen molar-refractivity contribution in [1.29, 1.82) is 0 Å². The van der Waals surface area contributed by atoms with Gasteiger partial charge in [-0.1, -0.05) is 24.3 Å². The van der Waals surface area contributed by atoms with Crippen molar-refractivity contribution in [2.75, 3.05) is 0 Å². The number of rotatable bonds is 4. The molecular formula is C12H8F4O2. The van der Waals surface area contributed by atoms with Gasteiger partial charge in [-0.3, -0.25) is 0 Å². The third kappa shape index (κ3) is 2.64. The van der Waals surface area contributed by atoms with Crippen molar-refractivity contribution < 1.29 is 27.0 Å². The van der Waals surface area contributed by atoms with Crippen molar-refractivity contribution in [3.05, 3.63) is 36.4 Å². The van der Waals surface area contributed by atoms with Crippen LogP contribution < -0.4 is 9.47 Å². The van der Waals surface area contributed by atoms with E-state index < -0.39 is 13.2 Å². The average molecular weight is 260 g/mol. The maximum Gasteiger partial charge on any atom is 0.387 e. The highest BCUT2D eigenvalue weighted by Crippen LogP contribution is 2.33. The first kappa shape index (κ1) is 12.5. The molecule has 6 heteroatoms. The molecule has 2 nitrogen and oxygen atoms in total. The van der Waals surface area contributed by atoms with Gasteiger partial charge in [0.2, 0.25) is 0 Å². The van der Waals surface area contributed by atoms with Crippen molar-refractivity contribution in [2.45, 2.75) is 13.2 Å². The summed E-state index contributed by atoms with van der Waals surface area (Å²) < 4.78 is 57.4. The van der Waals surface area contributed by atoms with Crippen LogP contribution in [0, 0.1) is 0 Å². The zero-order valence-electron chi connectivity index (χ0n) is 8.95. The fraction of sp³-hybridized carbons (Fsp3) is 0.167. The molecular weight excluding hydrogens is 252 g/mol. The fourth-order valence-electron chi connectivity index (χ4n) is 1.65. The Hall–Kier alpha value is -1.98. The Morgan fingerprint density at radius 3 is 1.39 bits per heavy atom. The number of alkyl halides is 4. The minimum Gasteiger partial charge on any atom is -0.434 e. The predicted molar refractivity (Wildman–Crippen MR) is 57.2 cm³/mol. The molecule has 18 heavy (non-hydrogen) atoms. The lowest BCUT2D eigenvalue weighted by atomic mass is 10.1. The summed E-state index contributed by atoms with van der Waals surface area (Å²) in [5.74, 6) is -0.163. The largest absolute Gasteiger partial charge is 0.434 e. The molecule has 0 fully saturated rings. The number of benzene rings is 2. The lowest BCUT2D eigenvalue weighted by Gasteiger charge is -2.11. The predicted octanol–water partition coefficient (Wildman–Crippen LogP) is 4.04. The second-order valence-corrected chi connectivity index (χ2v) is 3.36. The Kier molecular flexibility index (Phi) is 3.55. The van der Waals surface area contributed by atoms with Crippen molar-refractivity contribution >= 4 is 10.8 Å². The Balaban J connectivity index is 2.50. The van der Waals surface area contributed by atoms with Crippen LogP contribution in [-0.2, 0) is 0 Å². The number of hydrogen-bond acceptors (Lipinski definition) is 2. The second-order valence-electron chi connectivity index (χ2n) is 3.36.